The standard InChI is InChI=1S/C33H41F4N3O8/c1-32(2,3)19-9-7-8-10-22(19)38-30(44)31(45)40-11-12-46-16-18(15-40)29(43)39-23(14-25(42)48-33(4,5)6)24(41)17-47-28-26(36)20(34)13-21(35)27(28)37/h7-10,13,18,23-24,41H,11-12,14-17H2,1-6H3,(H,38,44)(H,39,43)/t18?,23-,24?/m0/s1. The Morgan fingerprint density at radius 2 is 1.65 bits per heavy atom. The second-order valence-electron chi connectivity index (χ2n) is 13.4. The molecule has 1 saturated heterocycles. The number of esters is 1. The predicted molar refractivity (Wildman–Crippen MR) is 165 cm³/mol. The number of amides is 3. The highest BCUT2D eigenvalue weighted by Crippen LogP contribution is 2.30. The minimum absolute atomic E-state index is 0.000499. The summed E-state index contributed by atoms with van der Waals surface area (Å²) >= 11 is 0. The molecular weight excluding hydrogens is 642 g/mol. The van der Waals surface area contributed by atoms with E-state index in [2.05, 4.69) is 10.6 Å². The lowest BCUT2D eigenvalue weighted by atomic mass is 9.86. The number of benzene rings is 2. The molecule has 264 valence electrons. The molecule has 2 aromatic carbocycles. The molecule has 15 heteroatoms. The molecule has 1 heterocycles. The van der Waals surface area contributed by atoms with Crippen molar-refractivity contribution in [1.82, 2.24) is 10.2 Å². The molecular formula is C33H41F4N3O8. The largest absolute Gasteiger partial charge is 0.485 e. The fraction of sp³-hybridized carbons (Fsp3) is 0.515. The number of para-hydroxylation sites is 1. The van der Waals surface area contributed by atoms with Crippen LogP contribution in [0, 0.1) is 29.2 Å². The lowest BCUT2D eigenvalue weighted by Crippen LogP contribution is -2.52. The van der Waals surface area contributed by atoms with E-state index in [1.54, 1.807) is 32.9 Å². The quantitative estimate of drug-likeness (QED) is 0.158. The minimum atomic E-state index is -1.86. The van der Waals surface area contributed by atoms with Crippen molar-refractivity contribution in [3.63, 3.8) is 0 Å². The Hall–Kier alpha value is -4.24. The van der Waals surface area contributed by atoms with Crippen molar-refractivity contribution in [3.8, 4) is 5.75 Å². The van der Waals surface area contributed by atoms with Crippen molar-refractivity contribution in [2.24, 2.45) is 5.92 Å². The molecule has 48 heavy (non-hydrogen) atoms. The highest BCUT2D eigenvalue weighted by Gasteiger charge is 2.35. The van der Waals surface area contributed by atoms with Crippen molar-refractivity contribution < 1.29 is 56.1 Å². The first kappa shape index (κ1) is 38.2. The molecule has 3 amide bonds. The second kappa shape index (κ2) is 15.8. The average Bonchev–Trinajstić information content (AvgIpc) is 3.24. The van der Waals surface area contributed by atoms with Crippen LogP contribution in [0.2, 0.25) is 0 Å². The van der Waals surface area contributed by atoms with E-state index in [4.69, 9.17) is 14.2 Å². The number of ether oxygens (including phenoxy) is 3. The van der Waals surface area contributed by atoms with E-state index in [0.717, 1.165) is 10.5 Å². The Morgan fingerprint density at radius 1 is 1.02 bits per heavy atom. The van der Waals surface area contributed by atoms with E-state index in [1.165, 1.54) is 0 Å². The lowest BCUT2D eigenvalue weighted by Gasteiger charge is -2.28. The molecule has 1 aliphatic heterocycles. The molecule has 0 bridgehead atoms. The number of aliphatic hydroxyl groups is 1. The number of nitrogens with one attached hydrogen (secondary N) is 2. The van der Waals surface area contributed by atoms with Gasteiger partial charge in [0.1, 0.15) is 18.3 Å². The molecule has 3 rings (SSSR count). The van der Waals surface area contributed by atoms with Gasteiger partial charge in [-0.1, -0.05) is 39.0 Å². The molecule has 0 spiro atoms. The van der Waals surface area contributed by atoms with Crippen LogP contribution in [0.15, 0.2) is 30.3 Å². The number of halogens is 4. The van der Waals surface area contributed by atoms with Crippen molar-refractivity contribution >= 4 is 29.4 Å². The topological polar surface area (TPSA) is 143 Å². The molecule has 1 fully saturated rings. The summed E-state index contributed by atoms with van der Waals surface area (Å²) in [5, 5.41) is 15.9. The van der Waals surface area contributed by atoms with Crippen LogP contribution in [-0.4, -0.2) is 84.4 Å². The van der Waals surface area contributed by atoms with Gasteiger partial charge in [-0.2, -0.15) is 8.78 Å². The summed E-state index contributed by atoms with van der Waals surface area (Å²) in [6.07, 6.45) is -2.51. The van der Waals surface area contributed by atoms with Crippen molar-refractivity contribution in [2.75, 3.05) is 38.2 Å². The maximum atomic E-state index is 14.1. The third-order valence-corrected chi connectivity index (χ3v) is 7.17. The normalized spacial score (nSPS) is 16.7. The smallest absolute Gasteiger partial charge is 0.313 e. The van der Waals surface area contributed by atoms with Crippen LogP contribution >= 0.6 is 0 Å². The van der Waals surface area contributed by atoms with Gasteiger partial charge in [-0.05, 0) is 37.8 Å². The van der Waals surface area contributed by atoms with Gasteiger partial charge in [0.05, 0.1) is 31.6 Å². The van der Waals surface area contributed by atoms with E-state index in [-0.39, 0.29) is 37.8 Å². The van der Waals surface area contributed by atoms with Crippen molar-refractivity contribution in [1.29, 1.82) is 0 Å². The number of carbonyl (C=O) groups is 4. The van der Waals surface area contributed by atoms with Gasteiger partial charge >= 0.3 is 17.8 Å². The van der Waals surface area contributed by atoms with Crippen LogP contribution in [0.4, 0.5) is 23.2 Å². The van der Waals surface area contributed by atoms with Gasteiger partial charge < -0.3 is 34.9 Å². The number of carbonyl (C=O) groups excluding carboxylic acids is 4. The summed E-state index contributed by atoms with van der Waals surface area (Å²) < 4.78 is 71.2. The Bertz CT molecular complexity index is 1480. The first-order chi connectivity index (χ1) is 22.3. The van der Waals surface area contributed by atoms with E-state index in [9.17, 15) is 41.8 Å². The number of hydrogen-bond acceptors (Lipinski definition) is 8. The van der Waals surface area contributed by atoms with Crippen molar-refractivity contribution in [3.05, 3.63) is 59.2 Å². The molecule has 2 unspecified atom stereocenters. The fourth-order valence-corrected chi connectivity index (χ4v) is 4.83. The zero-order valence-corrected chi connectivity index (χ0v) is 27.6. The van der Waals surface area contributed by atoms with Crippen LogP contribution in [0.25, 0.3) is 0 Å². The Balaban J connectivity index is 1.76. The number of hydrogen-bond donors (Lipinski definition) is 3. The van der Waals surface area contributed by atoms with Gasteiger partial charge in [-0.25, -0.2) is 8.78 Å². The number of rotatable bonds is 9. The van der Waals surface area contributed by atoms with Crippen LogP contribution in [0.1, 0.15) is 53.5 Å². The molecule has 0 saturated carbocycles. The third kappa shape index (κ3) is 10.4. The van der Waals surface area contributed by atoms with Crippen LogP contribution in [0.5, 0.6) is 5.75 Å². The molecule has 3 atom stereocenters. The van der Waals surface area contributed by atoms with Crippen LogP contribution < -0.4 is 15.4 Å². The maximum Gasteiger partial charge on any atom is 0.313 e. The highest BCUT2D eigenvalue weighted by atomic mass is 19.2. The Kier molecular flexibility index (Phi) is 12.6. The summed E-state index contributed by atoms with van der Waals surface area (Å²) in [6, 6.07) is 5.51. The zero-order valence-electron chi connectivity index (χ0n) is 27.6. The number of nitrogens with zero attached hydrogens (tertiary/aromatic N) is 1. The fourth-order valence-electron chi connectivity index (χ4n) is 4.83. The Labute approximate surface area is 275 Å². The number of aliphatic hydroxyl groups excluding tert-OH is 1. The van der Waals surface area contributed by atoms with E-state index in [1.807, 2.05) is 32.9 Å². The van der Waals surface area contributed by atoms with Gasteiger partial charge in [0.15, 0.2) is 17.4 Å². The van der Waals surface area contributed by atoms with Crippen molar-refractivity contribution in [2.45, 2.75) is 71.1 Å². The zero-order chi connectivity index (χ0) is 36.0. The molecule has 3 N–H and O–H groups in total. The predicted octanol–water partition coefficient (Wildman–Crippen LogP) is 3.61. The molecule has 1 aliphatic rings. The van der Waals surface area contributed by atoms with Crippen LogP contribution in [-0.2, 0) is 34.1 Å². The minimum Gasteiger partial charge on any atom is -0.485 e. The summed E-state index contributed by atoms with van der Waals surface area (Å²) in [5.74, 6) is -13.2. The second-order valence-corrected chi connectivity index (χ2v) is 13.4. The number of anilines is 1. The Morgan fingerprint density at radius 3 is 2.25 bits per heavy atom. The van der Waals surface area contributed by atoms with Gasteiger partial charge in [0.25, 0.3) is 0 Å². The summed E-state index contributed by atoms with van der Waals surface area (Å²) in [4.78, 5) is 53.4. The van der Waals surface area contributed by atoms with Gasteiger partial charge in [-0.15, -0.1) is 0 Å². The molecule has 0 aromatic heterocycles. The van der Waals surface area contributed by atoms with Gasteiger partial charge in [0, 0.05) is 24.8 Å². The van der Waals surface area contributed by atoms with E-state index < -0.39 is 89.4 Å². The summed E-state index contributed by atoms with van der Waals surface area (Å²) in [5.41, 5.74) is -0.0456. The molecule has 0 aliphatic carbocycles. The average molecular weight is 684 g/mol. The summed E-state index contributed by atoms with van der Waals surface area (Å²) in [7, 11) is 0. The van der Waals surface area contributed by atoms with Gasteiger partial charge in [0.2, 0.25) is 17.5 Å². The first-order valence-electron chi connectivity index (χ1n) is 15.2. The molecule has 11 nitrogen and oxygen atoms in total. The van der Waals surface area contributed by atoms with Gasteiger partial charge in [-0.3, -0.25) is 19.2 Å². The monoisotopic (exact) mass is 683 g/mol. The molecule has 0 radical (unpaired) electrons. The van der Waals surface area contributed by atoms with E-state index >= 15 is 0 Å². The third-order valence-electron chi connectivity index (χ3n) is 7.17. The maximum absolute atomic E-state index is 14.1. The first-order valence-corrected chi connectivity index (χ1v) is 15.2. The van der Waals surface area contributed by atoms with Crippen LogP contribution in [0.3, 0.4) is 0 Å². The highest BCUT2D eigenvalue weighted by molar-refractivity contribution is 6.39. The van der Waals surface area contributed by atoms with E-state index in [0.29, 0.717) is 5.69 Å². The SMILES string of the molecule is CC(C)(C)OC(=O)C[C@H](NC(=O)C1COCCN(C(=O)C(=O)Nc2ccccc2C(C)(C)C)C1)C(O)COc1c(F)c(F)cc(F)c1F. The molecule has 2 aromatic rings. The lowest BCUT2D eigenvalue weighted by molar-refractivity contribution is -0.156. The summed E-state index contributed by atoms with van der Waals surface area (Å²) in [6.45, 7) is 9.09.